The van der Waals surface area contributed by atoms with E-state index < -0.39 is 0 Å². The van der Waals surface area contributed by atoms with Gasteiger partial charge in [-0.3, -0.25) is 4.79 Å². The van der Waals surface area contributed by atoms with Crippen LogP contribution in [0.4, 0.5) is 4.39 Å². The van der Waals surface area contributed by atoms with Crippen molar-refractivity contribution in [3.05, 3.63) is 61.5 Å². The standard InChI is InChI=1S/C15H17BrFN3O/c1-8(14-9(2)19-10(3)20-15(14)21)18-7-11-6-12(17)4-5-13(11)16/h4-6,8,18H,7H2,1-3H3,(H,19,20,21). The Labute approximate surface area is 130 Å². The van der Waals surface area contributed by atoms with Crippen LogP contribution in [0.1, 0.15) is 35.6 Å². The van der Waals surface area contributed by atoms with Gasteiger partial charge in [0.2, 0.25) is 0 Å². The molecular formula is C15H17BrFN3O. The van der Waals surface area contributed by atoms with Crippen LogP contribution in [0.15, 0.2) is 27.5 Å². The average molecular weight is 354 g/mol. The summed E-state index contributed by atoms with van der Waals surface area (Å²) in [6.07, 6.45) is 0. The first-order valence-corrected chi connectivity index (χ1v) is 7.42. The second-order valence-corrected chi connectivity index (χ2v) is 5.84. The third kappa shape index (κ3) is 3.77. The molecule has 2 aromatic rings. The minimum atomic E-state index is -0.284. The van der Waals surface area contributed by atoms with Gasteiger partial charge in [0.05, 0.1) is 5.56 Å². The van der Waals surface area contributed by atoms with E-state index in [4.69, 9.17) is 0 Å². The maximum absolute atomic E-state index is 13.3. The van der Waals surface area contributed by atoms with E-state index in [2.05, 4.69) is 31.2 Å². The summed E-state index contributed by atoms with van der Waals surface area (Å²) in [5, 5.41) is 3.23. The summed E-state index contributed by atoms with van der Waals surface area (Å²) < 4.78 is 14.1. The zero-order valence-electron chi connectivity index (χ0n) is 12.1. The first-order chi connectivity index (χ1) is 9.88. The van der Waals surface area contributed by atoms with Crippen LogP contribution in [0.5, 0.6) is 0 Å². The molecule has 0 saturated carbocycles. The van der Waals surface area contributed by atoms with Crippen LogP contribution in [0.25, 0.3) is 0 Å². The van der Waals surface area contributed by atoms with E-state index in [1.54, 1.807) is 13.0 Å². The molecule has 0 aliphatic carbocycles. The third-order valence-electron chi connectivity index (χ3n) is 3.30. The van der Waals surface area contributed by atoms with Gasteiger partial charge in [-0.15, -0.1) is 0 Å². The second-order valence-electron chi connectivity index (χ2n) is 4.99. The van der Waals surface area contributed by atoms with Gasteiger partial charge in [0.25, 0.3) is 5.56 Å². The van der Waals surface area contributed by atoms with Gasteiger partial charge < -0.3 is 10.3 Å². The summed E-state index contributed by atoms with van der Waals surface area (Å²) in [4.78, 5) is 19.0. The van der Waals surface area contributed by atoms with Crippen LogP contribution in [-0.2, 0) is 6.54 Å². The molecule has 2 rings (SSSR count). The van der Waals surface area contributed by atoms with Gasteiger partial charge in [-0.25, -0.2) is 9.37 Å². The van der Waals surface area contributed by atoms with Crippen molar-refractivity contribution in [3.8, 4) is 0 Å². The van der Waals surface area contributed by atoms with E-state index in [1.807, 2.05) is 13.8 Å². The number of nitrogens with one attached hydrogen (secondary N) is 2. The SMILES string of the molecule is Cc1nc(C)c(C(C)NCc2cc(F)ccc2Br)c(=O)[nH]1. The van der Waals surface area contributed by atoms with Crippen molar-refractivity contribution >= 4 is 15.9 Å². The van der Waals surface area contributed by atoms with E-state index in [1.165, 1.54) is 12.1 Å². The summed E-state index contributed by atoms with van der Waals surface area (Å²) in [5.41, 5.74) is 1.97. The van der Waals surface area contributed by atoms with Gasteiger partial charge in [0.1, 0.15) is 11.6 Å². The van der Waals surface area contributed by atoms with E-state index in [9.17, 15) is 9.18 Å². The lowest BCUT2D eigenvalue weighted by Gasteiger charge is -2.16. The monoisotopic (exact) mass is 353 g/mol. The van der Waals surface area contributed by atoms with Crippen LogP contribution in [0, 0.1) is 19.7 Å². The summed E-state index contributed by atoms with van der Waals surface area (Å²) in [6.45, 7) is 5.90. The molecule has 1 heterocycles. The molecule has 0 saturated heterocycles. The summed E-state index contributed by atoms with van der Waals surface area (Å²) in [6, 6.07) is 4.35. The van der Waals surface area contributed by atoms with E-state index in [0.29, 0.717) is 23.6 Å². The van der Waals surface area contributed by atoms with Crippen LogP contribution in [0.2, 0.25) is 0 Å². The smallest absolute Gasteiger partial charge is 0.255 e. The lowest BCUT2D eigenvalue weighted by atomic mass is 10.1. The molecule has 21 heavy (non-hydrogen) atoms. The predicted molar refractivity (Wildman–Crippen MR) is 83.7 cm³/mol. The first kappa shape index (κ1) is 15.9. The molecule has 1 aromatic heterocycles. The molecule has 6 heteroatoms. The normalized spacial score (nSPS) is 12.4. The van der Waals surface area contributed by atoms with Crippen molar-refractivity contribution in [2.75, 3.05) is 0 Å². The van der Waals surface area contributed by atoms with Crippen molar-refractivity contribution in [1.29, 1.82) is 0 Å². The van der Waals surface area contributed by atoms with Crippen molar-refractivity contribution < 1.29 is 4.39 Å². The first-order valence-electron chi connectivity index (χ1n) is 6.63. The van der Waals surface area contributed by atoms with Gasteiger partial charge in [-0.2, -0.15) is 0 Å². The molecule has 0 aliphatic rings. The number of H-pyrrole nitrogens is 1. The fourth-order valence-electron chi connectivity index (χ4n) is 2.29. The molecular weight excluding hydrogens is 337 g/mol. The van der Waals surface area contributed by atoms with E-state index >= 15 is 0 Å². The van der Waals surface area contributed by atoms with Gasteiger partial charge in [0, 0.05) is 22.8 Å². The number of rotatable bonds is 4. The van der Waals surface area contributed by atoms with Crippen molar-refractivity contribution in [1.82, 2.24) is 15.3 Å². The minimum Gasteiger partial charge on any atom is -0.310 e. The topological polar surface area (TPSA) is 57.8 Å². The highest BCUT2D eigenvalue weighted by Crippen LogP contribution is 2.19. The van der Waals surface area contributed by atoms with Crippen LogP contribution in [-0.4, -0.2) is 9.97 Å². The molecule has 112 valence electrons. The van der Waals surface area contributed by atoms with Crippen molar-refractivity contribution in [2.24, 2.45) is 0 Å². The zero-order chi connectivity index (χ0) is 15.6. The Balaban J connectivity index is 2.17. The fourth-order valence-corrected chi connectivity index (χ4v) is 2.68. The highest BCUT2D eigenvalue weighted by atomic mass is 79.9. The molecule has 0 radical (unpaired) electrons. The van der Waals surface area contributed by atoms with E-state index in [0.717, 1.165) is 10.0 Å². The summed E-state index contributed by atoms with van der Waals surface area (Å²) in [7, 11) is 0. The van der Waals surface area contributed by atoms with Crippen LogP contribution >= 0.6 is 15.9 Å². The Kier molecular flexibility index (Phi) is 4.90. The Bertz CT molecular complexity index is 715. The largest absolute Gasteiger partial charge is 0.310 e. The van der Waals surface area contributed by atoms with Gasteiger partial charge >= 0.3 is 0 Å². The Morgan fingerprint density at radius 2 is 2.14 bits per heavy atom. The van der Waals surface area contributed by atoms with E-state index in [-0.39, 0.29) is 17.4 Å². The van der Waals surface area contributed by atoms with Crippen LogP contribution in [0.3, 0.4) is 0 Å². The number of halogens is 2. The molecule has 1 atom stereocenters. The lowest BCUT2D eigenvalue weighted by molar-refractivity contribution is 0.557. The lowest BCUT2D eigenvalue weighted by Crippen LogP contribution is -2.27. The molecule has 4 nitrogen and oxygen atoms in total. The molecule has 1 unspecified atom stereocenters. The third-order valence-corrected chi connectivity index (χ3v) is 4.08. The van der Waals surface area contributed by atoms with Crippen molar-refractivity contribution in [3.63, 3.8) is 0 Å². The Morgan fingerprint density at radius 1 is 1.43 bits per heavy atom. The zero-order valence-corrected chi connectivity index (χ0v) is 13.7. The number of nitrogens with zero attached hydrogens (tertiary/aromatic N) is 1. The highest BCUT2D eigenvalue weighted by molar-refractivity contribution is 9.10. The number of aromatic nitrogens is 2. The van der Waals surface area contributed by atoms with Gasteiger partial charge in [0.15, 0.2) is 0 Å². The van der Waals surface area contributed by atoms with Gasteiger partial charge in [-0.1, -0.05) is 15.9 Å². The molecule has 1 aromatic carbocycles. The predicted octanol–water partition coefficient (Wildman–Crippen LogP) is 3.14. The molecule has 2 N–H and O–H groups in total. The minimum absolute atomic E-state index is 0.140. The Hall–Kier alpha value is -1.53. The maximum atomic E-state index is 13.3. The molecule has 0 amide bonds. The number of hydrogen-bond donors (Lipinski definition) is 2. The number of aromatic amines is 1. The average Bonchev–Trinajstić information content (AvgIpc) is 2.38. The quantitative estimate of drug-likeness (QED) is 0.887. The fraction of sp³-hybridized carbons (Fsp3) is 0.333. The number of aryl methyl sites for hydroxylation is 2. The Morgan fingerprint density at radius 3 is 2.81 bits per heavy atom. The van der Waals surface area contributed by atoms with Crippen molar-refractivity contribution in [2.45, 2.75) is 33.4 Å². The molecule has 0 fully saturated rings. The van der Waals surface area contributed by atoms with Crippen LogP contribution < -0.4 is 10.9 Å². The molecule has 0 bridgehead atoms. The second kappa shape index (κ2) is 6.49. The number of benzene rings is 1. The molecule has 0 aliphatic heterocycles. The molecule has 0 spiro atoms. The summed E-state index contributed by atoms with van der Waals surface area (Å²) in [5.74, 6) is 0.315. The highest BCUT2D eigenvalue weighted by Gasteiger charge is 2.14. The number of hydrogen-bond acceptors (Lipinski definition) is 3. The maximum Gasteiger partial charge on any atom is 0.255 e. The van der Waals surface area contributed by atoms with Gasteiger partial charge in [-0.05, 0) is 44.5 Å². The summed E-state index contributed by atoms with van der Waals surface area (Å²) >= 11 is 3.39.